The highest BCUT2D eigenvalue weighted by molar-refractivity contribution is 7.14. The zero-order chi connectivity index (χ0) is 18.8. The average Bonchev–Trinajstić information content (AvgIpc) is 3.32. The van der Waals surface area contributed by atoms with Gasteiger partial charge >= 0.3 is 5.97 Å². The highest BCUT2D eigenvalue weighted by Gasteiger charge is 2.23. The van der Waals surface area contributed by atoms with E-state index in [1.165, 1.54) is 18.4 Å². The molecule has 0 aliphatic rings. The summed E-state index contributed by atoms with van der Waals surface area (Å²) >= 11 is 1.29. The number of rotatable bonds is 5. The molecule has 9 heteroatoms. The molecule has 0 saturated heterocycles. The molecule has 0 saturated carbocycles. The summed E-state index contributed by atoms with van der Waals surface area (Å²) < 4.78 is 9.92. The van der Waals surface area contributed by atoms with Gasteiger partial charge < -0.3 is 14.2 Å². The van der Waals surface area contributed by atoms with Crippen molar-refractivity contribution in [3.63, 3.8) is 0 Å². The first kappa shape index (κ1) is 17.9. The van der Waals surface area contributed by atoms with Gasteiger partial charge in [-0.25, -0.2) is 9.78 Å². The molecular weight excluding hydrogens is 356 g/mol. The van der Waals surface area contributed by atoms with Gasteiger partial charge in [0.25, 0.3) is 5.91 Å². The molecule has 0 bridgehead atoms. The fourth-order valence-corrected chi connectivity index (χ4v) is 3.17. The maximum Gasteiger partial charge on any atom is 0.354 e. The van der Waals surface area contributed by atoms with Crippen molar-refractivity contribution in [2.24, 2.45) is 0 Å². The monoisotopic (exact) mass is 374 g/mol. The average molecular weight is 374 g/mol. The highest BCUT2D eigenvalue weighted by atomic mass is 32.1. The van der Waals surface area contributed by atoms with Gasteiger partial charge in [-0.15, -0.1) is 11.3 Å². The molecule has 3 aromatic rings. The number of nitrogens with one attached hydrogen (secondary N) is 2. The van der Waals surface area contributed by atoms with Crippen LogP contribution in [0.5, 0.6) is 0 Å². The second kappa shape index (κ2) is 7.12. The van der Waals surface area contributed by atoms with E-state index < -0.39 is 5.97 Å². The van der Waals surface area contributed by atoms with Crippen molar-refractivity contribution in [3.8, 4) is 11.3 Å². The van der Waals surface area contributed by atoms with Crippen LogP contribution < -0.4 is 5.32 Å². The first-order chi connectivity index (χ1) is 12.4. The molecule has 0 atom stereocenters. The Kier molecular flexibility index (Phi) is 4.90. The van der Waals surface area contributed by atoms with Gasteiger partial charge in [0.05, 0.1) is 18.5 Å². The Balaban J connectivity index is 1.79. The maximum atomic E-state index is 12.6. The number of amides is 1. The van der Waals surface area contributed by atoms with Crippen molar-refractivity contribution in [2.45, 2.75) is 26.7 Å². The number of nitrogens with zero attached hydrogens (tertiary/aromatic N) is 2. The number of H-pyrrole nitrogens is 1. The fourth-order valence-electron chi connectivity index (χ4n) is 2.45. The lowest BCUT2D eigenvalue weighted by atomic mass is 10.0. The van der Waals surface area contributed by atoms with Gasteiger partial charge in [-0.1, -0.05) is 19.0 Å². The Morgan fingerprint density at radius 3 is 2.85 bits per heavy atom. The van der Waals surface area contributed by atoms with Gasteiger partial charge in [0.2, 0.25) is 0 Å². The summed E-state index contributed by atoms with van der Waals surface area (Å²) in [5.41, 5.74) is 2.68. The number of ether oxygens (including phenoxy) is 1. The molecule has 0 spiro atoms. The quantitative estimate of drug-likeness (QED) is 0.660. The number of carbonyl (C=O) groups is 2. The number of esters is 1. The number of methoxy groups -OCH3 is 1. The molecular formula is C17H18N4O4S. The first-order valence-corrected chi connectivity index (χ1v) is 8.78. The van der Waals surface area contributed by atoms with Crippen LogP contribution in [0, 0.1) is 6.92 Å². The zero-order valence-corrected chi connectivity index (χ0v) is 15.6. The molecule has 0 aliphatic carbocycles. The molecule has 26 heavy (non-hydrogen) atoms. The van der Waals surface area contributed by atoms with E-state index in [4.69, 9.17) is 4.52 Å². The zero-order valence-electron chi connectivity index (χ0n) is 14.7. The van der Waals surface area contributed by atoms with E-state index in [0.717, 1.165) is 5.56 Å². The molecule has 1 amide bonds. The van der Waals surface area contributed by atoms with E-state index >= 15 is 0 Å². The number of carbonyl (C=O) groups excluding carboxylic acids is 2. The fraction of sp³-hybridized carbons (Fsp3) is 0.294. The van der Waals surface area contributed by atoms with Crippen LogP contribution in [0.15, 0.2) is 22.2 Å². The number of aromatic amines is 1. The maximum absolute atomic E-state index is 12.6. The molecule has 0 radical (unpaired) electrons. The predicted molar refractivity (Wildman–Crippen MR) is 96.5 cm³/mol. The lowest BCUT2D eigenvalue weighted by Gasteiger charge is -2.04. The topological polar surface area (TPSA) is 110 Å². The summed E-state index contributed by atoms with van der Waals surface area (Å²) in [6, 6.07) is 1.65. The number of aromatic nitrogens is 3. The number of anilines is 1. The van der Waals surface area contributed by atoms with Crippen molar-refractivity contribution in [1.82, 2.24) is 15.1 Å². The van der Waals surface area contributed by atoms with Crippen molar-refractivity contribution in [1.29, 1.82) is 0 Å². The molecule has 0 aliphatic heterocycles. The third-order valence-corrected chi connectivity index (χ3v) is 4.51. The van der Waals surface area contributed by atoms with Crippen LogP contribution in [0.4, 0.5) is 5.13 Å². The molecule has 136 valence electrons. The molecule has 0 unspecified atom stereocenters. The SMILES string of the molecule is COC(=O)c1cc(-c2csc(NC(=O)c3c(C)noc3C(C)C)n2)c[nH]1. The van der Waals surface area contributed by atoms with Crippen molar-refractivity contribution < 1.29 is 18.8 Å². The van der Waals surface area contributed by atoms with E-state index in [2.05, 4.69) is 25.2 Å². The first-order valence-electron chi connectivity index (χ1n) is 7.90. The Labute approximate surface area is 153 Å². The van der Waals surface area contributed by atoms with E-state index in [1.807, 2.05) is 13.8 Å². The second-order valence-electron chi connectivity index (χ2n) is 5.95. The molecule has 0 fully saturated rings. The van der Waals surface area contributed by atoms with Crippen LogP contribution in [-0.2, 0) is 4.74 Å². The van der Waals surface area contributed by atoms with Gasteiger partial charge in [0.1, 0.15) is 11.3 Å². The van der Waals surface area contributed by atoms with Gasteiger partial charge in [-0.05, 0) is 13.0 Å². The number of aryl methyl sites for hydroxylation is 1. The Morgan fingerprint density at radius 2 is 2.15 bits per heavy atom. The second-order valence-corrected chi connectivity index (χ2v) is 6.81. The Hall–Kier alpha value is -2.94. The smallest absolute Gasteiger partial charge is 0.354 e. The Morgan fingerprint density at radius 1 is 1.38 bits per heavy atom. The summed E-state index contributed by atoms with van der Waals surface area (Å²) in [7, 11) is 1.32. The van der Waals surface area contributed by atoms with Crippen molar-refractivity contribution in [3.05, 3.63) is 40.4 Å². The van der Waals surface area contributed by atoms with Crippen LogP contribution in [0.3, 0.4) is 0 Å². The summed E-state index contributed by atoms with van der Waals surface area (Å²) in [5.74, 6) is -0.174. The van der Waals surface area contributed by atoms with E-state index in [9.17, 15) is 9.59 Å². The molecule has 8 nitrogen and oxygen atoms in total. The number of thiazole rings is 1. The third kappa shape index (κ3) is 3.38. The predicted octanol–water partition coefficient (Wildman–Crippen LogP) is 3.60. The lowest BCUT2D eigenvalue weighted by molar-refractivity contribution is 0.0594. The largest absolute Gasteiger partial charge is 0.464 e. The van der Waals surface area contributed by atoms with Gasteiger partial charge in [-0.2, -0.15) is 0 Å². The summed E-state index contributed by atoms with van der Waals surface area (Å²) in [5, 5.41) is 8.90. The third-order valence-electron chi connectivity index (χ3n) is 3.75. The highest BCUT2D eigenvalue weighted by Crippen LogP contribution is 2.27. The van der Waals surface area contributed by atoms with Crippen molar-refractivity contribution in [2.75, 3.05) is 12.4 Å². The van der Waals surface area contributed by atoms with Crippen molar-refractivity contribution >= 4 is 28.3 Å². The van der Waals surface area contributed by atoms with Crippen LogP contribution in [0.25, 0.3) is 11.3 Å². The summed E-state index contributed by atoms with van der Waals surface area (Å²) in [4.78, 5) is 31.3. The molecule has 0 aromatic carbocycles. The Bertz CT molecular complexity index is 954. The number of hydrogen-bond acceptors (Lipinski definition) is 7. The number of hydrogen-bond donors (Lipinski definition) is 2. The standard InChI is InChI=1S/C17H18N4O4S/c1-8(2)14-13(9(3)21-25-14)15(22)20-17-19-12(7-26-17)10-5-11(18-6-10)16(23)24-4/h5-8,18H,1-4H3,(H,19,20,22). The lowest BCUT2D eigenvalue weighted by Crippen LogP contribution is -2.14. The minimum atomic E-state index is -0.454. The molecule has 3 aromatic heterocycles. The van der Waals surface area contributed by atoms with E-state index in [0.29, 0.717) is 33.5 Å². The van der Waals surface area contributed by atoms with Gasteiger partial charge in [-0.3, -0.25) is 10.1 Å². The van der Waals surface area contributed by atoms with Gasteiger partial charge in [0, 0.05) is 23.1 Å². The van der Waals surface area contributed by atoms with E-state index in [-0.39, 0.29) is 11.8 Å². The molecule has 3 heterocycles. The minimum absolute atomic E-state index is 0.0420. The normalized spacial score (nSPS) is 11.0. The van der Waals surface area contributed by atoms with Crippen LogP contribution in [-0.4, -0.2) is 34.1 Å². The van der Waals surface area contributed by atoms with Gasteiger partial charge in [0.15, 0.2) is 10.9 Å². The summed E-state index contributed by atoms with van der Waals surface area (Å²) in [6.07, 6.45) is 1.66. The minimum Gasteiger partial charge on any atom is -0.464 e. The van der Waals surface area contributed by atoms with Crippen LogP contribution in [0.1, 0.15) is 52.1 Å². The van der Waals surface area contributed by atoms with Crippen LogP contribution in [0.2, 0.25) is 0 Å². The summed E-state index contributed by atoms with van der Waals surface area (Å²) in [6.45, 7) is 5.60. The van der Waals surface area contributed by atoms with Crippen LogP contribution >= 0.6 is 11.3 Å². The molecule has 2 N–H and O–H groups in total. The van der Waals surface area contributed by atoms with E-state index in [1.54, 1.807) is 24.6 Å². The molecule has 3 rings (SSSR count).